The third-order valence-electron chi connectivity index (χ3n) is 3.07. The zero-order valence-electron chi connectivity index (χ0n) is 8.81. The lowest BCUT2D eigenvalue weighted by Crippen LogP contribution is -2.46. The van der Waals surface area contributed by atoms with Gasteiger partial charge in [-0.3, -0.25) is 9.69 Å². The lowest BCUT2D eigenvalue weighted by Gasteiger charge is -2.30. The van der Waals surface area contributed by atoms with E-state index in [1.165, 1.54) is 0 Å². The lowest BCUT2D eigenvalue weighted by molar-refractivity contribution is -0.146. The van der Waals surface area contributed by atoms with Gasteiger partial charge < -0.3 is 10.2 Å². The number of aliphatic carboxylic acids is 1. The van der Waals surface area contributed by atoms with Gasteiger partial charge >= 0.3 is 5.97 Å². The highest BCUT2D eigenvalue weighted by Crippen LogP contribution is 2.23. The minimum Gasteiger partial charge on any atom is -0.480 e. The van der Waals surface area contributed by atoms with Crippen molar-refractivity contribution in [2.45, 2.75) is 51.3 Å². The normalized spacial score (nSPS) is 28.6. The Hall–Kier alpha value is -0.610. The number of rotatable bonds is 4. The molecule has 2 atom stereocenters. The Balaban J connectivity index is 2.72. The van der Waals surface area contributed by atoms with Crippen molar-refractivity contribution in [2.24, 2.45) is 0 Å². The molecule has 0 aromatic heterocycles. The third-order valence-corrected chi connectivity index (χ3v) is 3.07. The van der Waals surface area contributed by atoms with E-state index in [4.69, 9.17) is 5.11 Å². The van der Waals surface area contributed by atoms with Crippen molar-refractivity contribution in [3.63, 3.8) is 0 Å². The Morgan fingerprint density at radius 3 is 2.50 bits per heavy atom. The van der Waals surface area contributed by atoms with Crippen LogP contribution >= 0.6 is 0 Å². The number of hydrogen-bond acceptors (Lipinski definition) is 3. The number of hydrogen-bond donors (Lipinski definition) is 2. The lowest BCUT2D eigenvalue weighted by atomic mass is 10.1. The van der Waals surface area contributed by atoms with Crippen LogP contribution in [0.2, 0.25) is 0 Å². The molecule has 1 saturated heterocycles. The molecule has 0 amide bonds. The zero-order valence-corrected chi connectivity index (χ0v) is 8.81. The van der Waals surface area contributed by atoms with Crippen LogP contribution in [-0.4, -0.2) is 45.8 Å². The van der Waals surface area contributed by atoms with E-state index < -0.39 is 18.1 Å². The number of carboxylic acid groups (broad SMARTS) is 1. The monoisotopic (exact) mass is 201 g/mol. The molecule has 0 radical (unpaired) electrons. The fourth-order valence-corrected chi connectivity index (χ4v) is 2.27. The molecule has 2 N–H and O–H groups in total. The molecular formula is C10H19NO3. The Bertz CT molecular complexity index is 204. The van der Waals surface area contributed by atoms with Crippen molar-refractivity contribution >= 4 is 5.97 Å². The van der Waals surface area contributed by atoms with E-state index in [1.807, 2.05) is 4.90 Å². The summed E-state index contributed by atoms with van der Waals surface area (Å²) in [6.07, 6.45) is 1.75. The summed E-state index contributed by atoms with van der Waals surface area (Å²) in [5, 5.41) is 18.5. The van der Waals surface area contributed by atoms with Crippen molar-refractivity contribution in [1.29, 1.82) is 0 Å². The molecule has 0 saturated carbocycles. The Morgan fingerprint density at radius 2 is 2.07 bits per heavy atom. The van der Waals surface area contributed by atoms with Gasteiger partial charge in [-0.15, -0.1) is 0 Å². The quantitative estimate of drug-likeness (QED) is 0.702. The number of carbonyl (C=O) groups is 1. The molecule has 14 heavy (non-hydrogen) atoms. The molecule has 1 rings (SSSR count). The van der Waals surface area contributed by atoms with Crippen LogP contribution in [0.3, 0.4) is 0 Å². The van der Waals surface area contributed by atoms with E-state index in [-0.39, 0.29) is 6.04 Å². The van der Waals surface area contributed by atoms with Gasteiger partial charge in [0.25, 0.3) is 0 Å². The minimum absolute atomic E-state index is 0.285. The molecular weight excluding hydrogens is 182 g/mol. The van der Waals surface area contributed by atoms with Crippen molar-refractivity contribution in [2.75, 3.05) is 6.54 Å². The predicted molar refractivity (Wildman–Crippen MR) is 53.1 cm³/mol. The van der Waals surface area contributed by atoms with Gasteiger partial charge in [-0.2, -0.15) is 0 Å². The van der Waals surface area contributed by atoms with Crippen molar-refractivity contribution < 1.29 is 15.0 Å². The van der Waals surface area contributed by atoms with Gasteiger partial charge in [0.15, 0.2) is 0 Å². The van der Waals surface area contributed by atoms with Crippen LogP contribution in [0.1, 0.15) is 33.1 Å². The van der Waals surface area contributed by atoms with Crippen LogP contribution in [0, 0.1) is 0 Å². The molecule has 1 aliphatic heterocycles. The summed E-state index contributed by atoms with van der Waals surface area (Å²) in [5.41, 5.74) is 0. The fraction of sp³-hybridized carbons (Fsp3) is 0.900. The van der Waals surface area contributed by atoms with Crippen LogP contribution in [0.5, 0.6) is 0 Å². The first kappa shape index (κ1) is 11.5. The molecule has 1 aliphatic rings. The van der Waals surface area contributed by atoms with E-state index in [0.29, 0.717) is 13.0 Å². The molecule has 1 heterocycles. The SMILES string of the molecule is CCC(CC)N1CCC(O)C1C(=O)O. The molecule has 0 aromatic rings. The van der Waals surface area contributed by atoms with Crippen LogP contribution in [-0.2, 0) is 4.79 Å². The summed E-state index contributed by atoms with van der Waals surface area (Å²) < 4.78 is 0. The molecule has 4 heteroatoms. The van der Waals surface area contributed by atoms with Gasteiger partial charge in [0.2, 0.25) is 0 Å². The van der Waals surface area contributed by atoms with E-state index in [2.05, 4.69) is 13.8 Å². The van der Waals surface area contributed by atoms with Crippen LogP contribution in [0.25, 0.3) is 0 Å². The zero-order chi connectivity index (χ0) is 10.7. The average molecular weight is 201 g/mol. The van der Waals surface area contributed by atoms with Gasteiger partial charge in [0.05, 0.1) is 6.10 Å². The Kier molecular flexibility index (Phi) is 3.89. The number of nitrogens with zero attached hydrogens (tertiary/aromatic N) is 1. The summed E-state index contributed by atoms with van der Waals surface area (Å²) >= 11 is 0. The summed E-state index contributed by atoms with van der Waals surface area (Å²) in [6, 6.07) is -0.409. The maximum Gasteiger partial charge on any atom is 0.323 e. The second-order valence-corrected chi connectivity index (χ2v) is 3.85. The maximum absolute atomic E-state index is 11.0. The molecule has 0 aromatic carbocycles. The first-order valence-electron chi connectivity index (χ1n) is 5.28. The van der Waals surface area contributed by atoms with Crippen molar-refractivity contribution in [3.8, 4) is 0 Å². The molecule has 82 valence electrons. The van der Waals surface area contributed by atoms with Gasteiger partial charge in [-0.25, -0.2) is 0 Å². The topological polar surface area (TPSA) is 60.8 Å². The van der Waals surface area contributed by atoms with Gasteiger partial charge in [0, 0.05) is 12.6 Å². The van der Waals surface area contributed by atoms with Crippen LogP contribution in [0.15, 0.2) is 0 Å². The summed E-state index contributed by atoms with van der Waals surface area (Å²) in [5.74, 6) is -0.901. The number of aliphatic hydroxyl groups is 1. The number of likely N-dealkylation sites (tertiary alicyclic amines) is 1. The highest BCUT2D eigenvalue weighted by atomic mass is 16.4. The first-order valence-corrected chi connectivity index (χ1v) is 5.28. The van der Waals surface area contributed by atoms with E-state index in [0.717, 1.165) is 12.8 Å². The fourth-order valence-electron chi connectivity index (χ4n) is 2.27. The van der Waals surface area contributed by atoms with E-state index in [9.17, 15) is 9.90 Å². The highest BCUT2D eigenvalue weighted by Gasteiger charge is 2.40. The summed E-state index contributed by atoms with van der Waals surface area (Å²) in [7, 11) is 0. The highest BCUT2D eigenvalue weighted by molar-refractivity contribution is 5.74. The van der Waals surface area contributed by atoms with Crippen LogP contribution < -0.4 is 0 Å². The molecule has 0 spiro atoms. The minimum atomic E-state index is -0.901. The van der Waals surface area contributed by atoms with Gasteiger partial charge in [-0.1, -0.05) is 13.8 Å². The molecule has 0 bridgehead atoms. The predicted octanol–water partition coefficient (Wildman–Crippen LogP) is 0.695. The maximum atomic E-state index is 11.0. The Morgan fingerprint density at radius 1 is 1.50 bits per heavy atom. The molecule has 2 unspecified atom stereocenters. The third kappa shape index (κ3) is 2.07. The van der Waals surface area contributed by atoms with E-state index in [1.54, 1.807) is 0 Å². The van der Waals surface area contributed by atoms with Gasteiger partial charge in [0.1, 0.15) is 6.04 Å². The molecule has 1 fully saturated rings. The molecule has 0 aliphatic carbocycles. The summed E-state index contributed by atoms with van der Waals surface area (Å²) in [6.45, 7) is 4.81. The number of carboxylic acids is 1. The van der Waals surface area contributed by atoms with Crippen LogP contribution in [0.4, 0.5) is 0 Å². The second-order valence-electron chi connectivity index (χ2n) is 3.85. The molecule has 4 nitrogen and oxygen atoms in total. The van der Waals surface area contributed by atoms with Crippen molar-refractivity contribution in [1.82, 2.24) is 4.90 Å². The average Bonchev–Trinajstić information content (AvgIpc) is 2.50. The number of aliphatic hydroxyl groups excluding tert-OH is 1. The Labute approximate surface area is 84.5 Å². The van der Waals surface area contributed by atoms with Crippen molar-refractivity contribution in [3.05, 3.63) is 0 Å². The smallest absolute Gasteiger partial charge is 0.323 e. The second kappa shape index (κ2) is 4.75. The van der Waals surface area contributed by atoms with Gasteiger partial charge in [-0.05, 0) is 19.3 Å². The summed E-state index contributed by atoms with van der Waals surface area (Å²) in [4.78, 5) is 12.9. The standard InChI is InChI=1S/C10H19NO3/c1-3-7(4-2)11-6-5-8(12)9(11)10(13)14/h7-9,12H,3-6H2,1-2H3,(H,13,14). The van der Waals surface area contributed by atoms with E-state index >= 15 is 0 Å². The first-order chi connectivity index (χ1) is 6.61. The largest absolute Gasteiger partial charge is 0.480 e.